The van der Waals surface area contributed by atoms with Gasteiger partial charge < -0.3 is 40.1 Å². The Morgan fingerprint density at radius 2 is 1.00 bits per heavy atom. The minimum atomic E-state index is -1.64. The van der Waals surface area contributed by atoms with E-state index in [9.17, 15) is 39.6 Å². The summed E-state index contributed by atoms with van der Waals surface area (Å²) in [6.07, 6.45) is -1.62. The number of carboxylic acids is 4. The highest BCUT2D eigenvalue weighted by atomic mass is 16.5. The van der Waals surface area contributed by atoms with E-state index < -0.39 is 70.5 Å². The van der Waals surface area contributed by atoms with Crippen molar-refractivity contribution in [3.8, 4) is 34.1 Å². The van der Waals surface area contributed by atoms with Crippen molar-refractivity contribution >= 4 is 23.9 Å². The molecule has 0 heterocycles. The molecular formula is C22H22O12. The molecule has 2 aromatic rings. The van der Waals surface area contributed by atoms with Gasteiger partial charge in [-0.2, -0.15) is 0 Å². The van der Waals surface area contributed by atoms with Gasteiger partial charge in [-0.15, -0.1) is 0 Å². The van der Waals surface area contributed by atoms with Gasteiger partial charge in [0.25, 0.3) is 0 Å². The summed E-state index contributed by atoms with van der Waals surface area (Å²) >= 11 is 0. The summed E-state index contributed by atoms with van der Waals surface area (Å²) < 4.78 is 10.1. The number of hydrogen-bond acceptors (Lipinski definition) is 8. The van der Waals surface area contributed by atoms with Gasteiger partial charge >= 0.3 is 23.9 Å². The number of hydrogen-bond donors (Lipinski definition) is 6. The lowest BCUT2D eigenvalue weighted by atomic mass is 9.86. The van der Waals surface area contributed by atoms with Crippen LogP contribution >= 0.6 is 0 Å². The van der Waals surface area contributed by atoms with E-state index >= 15 is 0 Å². The summed E-state index contributed by atoms with van der Waals surface area (Å²) in [7, 11) is 2.28. The highest BCUT2D eigenvalue weighted by Gasteiger charge is 2.32. The Labute approximate surface area is 192 Å². The maximum atomic E-state index is 12.2. The molecule has 0 aliphatic heterocycles. The zero-order valence-corrected chi connectivity index (χ0v) is 18.1. The number of benzene rings is 2. The molecule has 0 saturated heterocycles. The Balaban J connectivity index is 3.09. The third kappa shape index (κ3) is 5.11. The minimum Gasteiger partial charge on any atom is -0.504 e. The molecule has 2 aromatic carbocycles. The van der Waals surface area contributed by atoms with Crippen LogP contribution in [0.4, 0.5) is 0 Å². The quantitative estimate of drug-likeness (QED) is 0.275. The van der Waals surface area contributed by atoms with Gasteiger partial charge in [0.15, 0.2) is 23.0 Å². The summed E-state index contributed by atoms with van der Waals surface area (Å²) in [4.78, 5) is 46.6. The van der Waals surface area contributed by atoms with Gasteiger partial charge in [0.1, 0.15) is 0 Å². The zero-order chi connectivity index (χ0) is 25.7. The monoisotopic (exact) mass is 478 g/mol. The van der Waals surface area contributed by atoms with E-state index in [1.165, 1.54) is 0 Å². The van der Waals surface area contributed by atoms with Gasteiger partial charge in [0.05, 0.1) is 25.3 Å². The van der Waals surface area contributed by atoms with Gasteiger partial charge in [0.2, 0.25) is 0 Å². The number of carboxylic acid groups (broad SMARTS) is 4. The first-order chi connectivity index (χ1) is 15.9. The van der Waals surface area contributed by atoms with Gasteiger partial charge in [-0.25, -0.2) is 9.59 Å². The number of rotatable bonds is 11. The molecule has 12 heteroatoms. The molecule has 2 rings (SSSR count). The molecule has 12 nitrogen and oxygen atoms in total. The Kier molecular flexibility index (Phi) is 7.90. The molecule has 0 fully saturated rings. The van der Waals surface area contributed by atoms with Gasteiger partial charge in [-0.05, 0) is 36.1 Å². The Morgan fingerprint density at radius 1 is 0.676 bits per heavy atom. The molecule has 0 amide bonds. The Bertz CT molecular complexity index is 1070. The van der Waals surface area contributed by atoms with Crippen molar-refractivity contribution in [1.82, 2.24) is 0 Å². The van der Waals surface area contributed by atoms with Crippen LogP contribution in [0.2, 0.25) is 0 Å². The summed E-state index contributed by atoms with van der Waals surface area (Å²) in [6.45, 7) is 0. The van der Waals surface area contributed by atoms with Crippen molar-refractivity contribution < 1.29 is 59.3 Å². The first-order valence-corrected chi connectivity index (χ1v) is 9.70. The van der Waals surface area contributed by atoms with Crippen molar-refractivity contribution in [2.24, 2.45) is 0 Å². The Morgan fingerprint density at radius 3 is 1.24 bits per heavy atom. The first kappa shape index (κ1) is 25.8. The lowest BCUT2D eigenvalue weighted by Gasteiger charge is -2.21. The first-order valence-electron chi connectivity index (χ1n) is 9.70. The normalized spacial score (nSPS) is 10.5. The molecule has 0 bridgehead atoms. The highest BCUT2D eigenvalue weighted by molar-refractivity contribution is 6.08. The largest absolute Gasteiger partial charge is 0.504 e. The molecule has 0 unspecified atom stereocenters. The molecule has 34 heavy (non-hydrogen) atoms. The number of aromatic carboxylic acids is 2. The predicted octanol–water partition coefficient (Wildman–Crippen LogP) is 2.21. The van der Waals surface area contributed by atoms with Crippen molar-refractivity contribution in [2.45, 2.75) is 25.7 Å². The Hall–Kier alpha value is -4.48. The molecule has 0 aliphatic rings. The van der Waals surface area contributed by atoms with Crippen LogP contribution in [0.3, 0.4) is 0 Å². The van der Waals surface area contributed by atoms with Crippen molar-refractivity contribution in [3.63, 3.8) is 0 Å². The second-order valence-electron chi connectivity index (χ2n) is 7.07. The van der Waals surface area contributed by atoms with E-state index in [2.05, 4.69) is 0 Å². The summed E-state index contributed by atoms with van der Waals surface area (Å²) in [5.74, 6) is -8.01. The van der Waals surface area contributed by atoms with Gasteiger partial charge in [-0.1, -0.05) is 0 Å². The topological polar surface area (TPSA) is 208 Å². The lowest BCUT2D eigenvalue weighted by molar-refractivity contribution is -0.138. The zero-order valence-electron chi connectivity index (χ0n) is 18.1. The maximum Gasteiger partial charge on any atom is 0.336 e. The predicted molar refractivity (Wildman–Crippen MR) is 114 cm³/mol. The maximum absolute atomic E-state index is 12.2. The molecule has 0 spiro atoms. The third-order valence-corrected chi connectivity index (χ3v) is 5.03. The van der Waals surface area contributed by atoms with E-state index in [0.29, 0.717) is 0 Å². The lowest BCUT2D eigenvalue weighted by Crippen LogP contribution is -2.13. The highest BCUT2D eigenvalue weighted by Crippen LogP contribution is 2.50. The molecule has 6 N–H and O–H groups in total. The number of aryl methyl sites for hydroxylation is 2. The van der Waals surface area contributed by atoms with E-state index in [1.54, 1.807) is 0 Å². The van der Waals surface area contributed by atoms with Crippen molar-refractivity contribution in [3.05, 3.63) is 34.4 Å². The second-order valence-corrected chi connectivity index (χ2v) is 7.07. The van der Waals surface area contributed by atoms with E-state index in [0.717, 1.165) is 26.4 Å². The van der Waals surface area contributed by atoms with Crippen LogP contribution < -0.4 is 9.47 Å². The van der Waals surface area contributed by atoms with Crippen LogP contribution in [0, 0.1) is 0 Å². The van der Waals surface area contributed by atoms with Crippen LogP contribution in [0.25, 0.3) is 11.1 Å². The number of phenolic OH excluding ortho intramolecular Hbond substituents is 2. The van der Waals surface area contributed by atoms with Gasteiger partial charge in [-0.3, -0.25) is 9.59 Å². The van der Waals surface area contributed by atoms with Crippen LogP contribution in [0.1, 0.15) is 44.7 Å². The number of methoxy groups -OCH3 is 2. The van der Waals surface area contributed by atoms with E-state index in [4.69, 9.17) is 19.7 Å². The average Bonchev–Trinajstić information content (AvgIpc) is 2.76. The summed E-state index contributed by atoms with van der Waals surface area (Å²) in [5, 5.41) is 59.6. The van der Waals surface area contributed by atoms with Crippen LogP contribution in [-0.4, -0.2) is 68.7 Å². The second kappa shape index (κ2) is 10.4. The fourth-order valence-electron chi connectivity index (χ4n) is 3.57. The average molecular weight is 478 g/mol. The van der Waals surface area contributed by atoms with E-state index in [-0.39, 0.29) is 35.5 Å². The van der Waals surface area contributed by atoms with Crippen LogP contribution in [0.15, 0.2) is 12.1 Å². The number of carbonyl (C=O) groups is 4. The minimum absolute atomic E-state index is 0.106. The fourth-order valence-corrected chi connectivity index (χ4v) is 3.57. The van der Waals surface area contributed by atoms with Crippen LogP contribution in [-0.2, 0) is 22.4 Å². The number of ether oxygens (including phenoxy) is 2. The number of aromatic hydroxyl groups is 2. The SMILES string of the molecule is COc1cc(CCC(=O)O)c(C(=O)O)c(-c2c(O)c(OC)cc(CCC(=O)O)c2C(=O)O)c1O. The summed E-state index contributed by atoms with van der Waals surface area (Å²) in [6, 6.07) is 2.21. The van der Waals surface area contributed by atoms with Gasteiger partial charge in [0, 0.05) is 24.0 Å². The third-order valence-electron chi connectivity index (χ3n) is 5.03. The molecule has 0 radical (unpaired) electrons. The van der Waals surface area contributed by atoms with Crippen molar-refractivity contribution in [1.29, 1.82) is 0 Å². The summed E-state index contributed by atoms with van der Waals surface area (Å²) in [5.41, 5.74) is -2.81. The molecule has 0 saturated carbocycles. The molecule has 0 aromatic heterocycles. The van der Waals surface area contributed by atoms with E-state index in [1.807, 2.05) is 0 Å². The van der Waals surface area contributed by atoms with Crippen molar-refractivity contribution in [2.75, 3.05) is 14.2 Å². The number of phenols is 2. The fraction of sp³-hybridized carbons (Fsp3) is 0.273. The molecule has 0 atom stereocenters. The standard InChI is InChI=1S/C22H22O12/c1-33-11-7-9(3-5-13(23)24)15(21(29)30)17(19(11)27)18-16(22(31)32)10(4-6-14(25)26)8-12(34-2)20(18)28/h7-8,27-28H,3-6H2,1-2H3,(H,23,24)(H,25,26)(H,29,30)(H,31,32). The number of aliphatic carboxylic acids is 2. The molecule has 0 aliphatic carbocycles. The smallest absolute Gasteiger partial charge is 0.336 e. The van der Waals surface area contributed by atoms with Crippen LogP contribution in [0.5, 0.6) is 23.0 Å². The molecule has 182 valence electrons. The molecular weight excluding hydrogens is 456 g/mol.